The van der Waals surface area contributed by atoms with Crippen molar-refractivity contribution >= 4 is 11.6 Å². The van der Waals surface area contributed by atoms with Gasteiger partial charge in [0.25, 0.3) is 0 Å². The average molecular weight is 286 g/mol. The van der Waals surface area contributed by atoms with E-state index in [-0.39, 0.29) is 11.9 Å². The first-order valence-electron chi connectivity index (χ1n) is 7.21. The number of benzene rings is 1. The number of rotatable bonds is 3. The van der Waals surface area contributed by atoms with Crippen LogP contribution in [-0.2, 0) is 4.79 Å². The van der Waals surface area contributed by atoms with Crippen molar-refractivity contribution in [2.45, 2.75) is 31.7 Å². The van der Waals surface area contributed by atoms with Gasteiger partial charge in [0, 0.05) is 11.3 Å². The van der Waals surface area contributed by atoms with Crippen LogP contribution in [-0.4, -0.2) is 39.1 Å². The Kier molecular flexibility index (Phi) is 4.20. The zero-order valence-electron chi connectivity index (χ0n) is 11.7. The molecule has 3 N–H and O–H groups in total. The third-order valence-corrected chi connectivity index (χ3v) is 3.61. The maximum absolute atomic E-state index is 12.3. The van der Waals surface area contributed by atoms with Gasteiger partial charge >= 0.3 is 0 Å². The van der Waals surface area contributed by atoms with Gasteiger partial charge in [-0.1, -0.05) is 25.0 Å². The summed E-state index contributed by atoms with van der Waals surface area (Å²) < 4.78 is 0. The van der Waals surface area contributed by atoms with Crippen molar-refractivity contribution in [3.63, 3.8) is 0 Å². The molecule has 1 fully saturated rings. The number of carbonyl (C=O) groups is 1. The molecule has 21 heavy (non-hydrogen) atoms. The molecule has 0 aliphatic carbocycles. The average Bonchev–Trinajstić information content (AvgIpc) is 2.90. The van der Waals surface area contributed by atoms with Crippen LogP contribution in [0.15, 0.2) is 24.3 Å². The number of carbonyl (C=O) groups excluding carboxylic acids is 1. The molecule has 1 aliphatic rings. The van der Waals surface area contributed by atoms with E-state index in [9.17, 15) is 4.79 Å². The fourth-order valence-electron chi connectivity index (χ4n) is 2.50. The third-order valence-electron chi connectivity index (χ3n) is 3.61. The Morgan fingerprint density at radius 1 is 1.29 bits per heavy atom. The molecule has 1 unspecified atom stereocenters. The minimum Gasteiger partial charge on any atom is -0.325 e. The molecule has 0 saturated carbocycles. The summed E-state index contributed by atoms with van der Waals surface area (Å²) in [5, 5.41) is 20.1. The first-order chi connectivity index (χ1) is 10.3. The minimum absolute atomic E-state index is 0.0159. The van der Waals surface area contributed by atoms with E-state index in [1.807, 2.05) is 24.3 Å². The summed E-state index contributed by atoms with van der Waals surface area (Å²) in [6.07, 6.45) is 4.30. The van der Waals surface area contributed by atoms with E-state index >= 15 is 0 Å². The number of anilines is 1. The third kappa shape index (κ3) is 3.43. The summed E-state index contributed by atoms with van der Waals surface area (Å²) in [4.78, 5) is 12.3. The molecule has 110 valence electrons. The second kappa shape index (κ2) is 6.45. The predicted octanol–water partition coefficient (Wildman–Crippen LogP) is 1.34. The van der Waals surface area contributed by atoms with Gasteiger partial charge in [0.1, 0.15) is 0 Å². The summed E-state index contributed by atoms with van der Waals surface area (Å²) in [5.74, 6) is 0.529. The highest BCUT2D eigenvalue weighted by Crippen LogP contribution is 2.19. The largest absolute Gasteiger partial charge is 0.325 e. The second-order valence-electron chi connectivity index (χ2n) is 5.16. The normalized spacial score (nSPS) is 19.0. The zero-order valence-corrected chi connectivity index (χ0v) is 11.7. The van der Waals surface area contributed by atoms with Crippen LogP contribution < -0.4 is 10.6 Å². The van der Waals surface area contributed by atoms with Crippen LogP contribution in [0.2, 0.25) is 0 Å². The molecule has 1 aromatic heterocycles. The summed E-state index contributed by atoms with van der Waals surface area (Å²) in [6.45, 7) is 0.904. The van der Waals surface area contributed by atoms with E-state index in [1.54, 1.807) is 0 Å². The smallest absolute Gasteiger partial charge is 0.241 e. The molecule has 1 saturated heterocycles. The van der Waals surface area contributed by atoms with Gasteiger partial charge in [0.15, 0.2) is 0 Å². The van der Waals surface area contributed by atoms with Crippen molar-refractivity contribution in [2.75, 3.05) is 11.9 Å². The summed E-state index contributed by atoms with van der Waals surface area (Å²) in [5.41, 5.74) is 1.56. The van der Waals surface area contributed by atoms with Crippen LogP contribution in [0.5, 0.6) is 0 Å². The molecule has 7 heteroatoms. The molecule has 0 radical (unpaired) electrons. The number of tetrazole rings is 1. The second-order valence-corrected chi connectivity index (χ2v) is 5.16. The van der Waals surface area contributed by atoms with Crippen LogP contribution in [0.3, 0.4) is 0 Å². The van der Waals surface area contributed by atoms with Gasteiger partial charge in [0.05, 0.1) is 6.04 Å². The number of H-pyrrole nitrogens is 1. The molecular weight excluding hydrogens is 268 g/mol. The Morgan fingerprint density at radius 3 is 3.10 bits per heavy atom. The topological polar surface area (TPSA) is 95.6 Å². The minimum atomic E-state index is -0.110. The van der Waals surface area contributed by atoms with Crippen LogP contribution in [0, 0.1) is 0 Å². The Labute approximate surface area is 122 Å². The van der Waals surface area contributed by atoms with Gasteiger partial charge in [-0.3, -0.25) is 4.79 Å². The van der Waals surface area contributed by atoms with Crippen molar-refractivity contribution in [1.29, 1.82) is 0 Å². The molecule has 0 spiro atoms. The summed E-state index contributed by atoms with van der Waals surface area (Å²) in [7, 11) is 0. The highest BCUT2D eigenvalue weighted by molar-refractivity contribution is 5.95. The van der Waals surface area contributed by atoms with Crippen LogP contribution in [0.25, 0.3) is 11.4 Å². The highest BCUT2D eigenvalue weighted by Gasteiger charge is 2.19. The SMILES string of the molecule is O=C(Nc1cccc(-c2nn[nH]n2)c1)C1CCCCCN1. The van der Waals surface area contributed by atoms with Gasteiger partial charge in [-0.15, -0.1) is 10.2 Å². The number of nitrogens with zero attached hydrogens (tertiary/aromatic N) is 3. The van der Waals surface area contributed by atoms with E-state index in [1.165, 1.54) is 6.42 Å². The van der Waals surface area contributed by atoms with Crippen molar-refractivity contribution in [3.8, 4) is 11.4 Å². The number of aromatic nitrogens is 4. The maximum Gasteiger partial charge on any atom is 0.241 e. The molecule has 1 aromatic carbocycles. The molecule has 1 atom stereocenters. The Morgan fingerprint density at radius 2 is 2.24 bits per heavy atom. The lowest BCUT2D eigenvalue weighted by Gasteiger charge is -2.15. The van der Waals surface area contributed by atoms with Crippen molar-refractivity contribution in [3.05, 3.63) is 24.3 Å². The lowest BCUT2D eigenvalue weighted by molar-refractivity contribution is -0.118. The van der Waals surface area contributed by atoms with E-state index in [0.717, 1.165) is 37.1 Å². The van der Waals surface area contributed by atoms with E-state index in [0.29, 0.717) is 5.82 Å². The molecule has 2 heterocycles. The first kappa shape index (κ1) is 13.7. The van der Waals surface area contributed by atoms with Crippen LogP contribution >= 0.6 is 0 Å². The van der Waals surface area contributed by atoms with E-state index in [2.05, 4.69) is 31.3 Å². The molecular formula is C14H18N6O. The number of amides is 1. The Hall–Kier alpha value is -2.28. The van der Waals surface area contributed by atoms with Crippen LogP contribution in [0.1, 0.15) is 25.7 Å². The van der Waals surface area contributed by atoms with E-state index < -0.39 is 0 Å². The molecule has 1 amide bonds. The van der Waals surface area contributed by atoms with Crippen molar-refractivity contribution in [1.82, 2.24) is 25.9 Å². The van der Waals surface area contributed by atoms with Gasteiger partial charge in [-0.2, -0.15) is 5.21 Å². The predicted molar refractivity (Wildman–Crippen MR) is 78.5 cm³/mol. The van der Waals surface area contributed by atoms with Gasteiger partial charge in [0.2, 0.25) is 11.7 Å². The zero-order chi connectivity index (χ0) is 14.5. The number of hydrogen-bond acceptors (Lipinski definition) is 5. The van der Waals surface area contributed by atoms with Crippen molar-refractivity contribution in [2.24, 2.45) is 0 Å². The van der Waals surface area contributed by atoms with E-state index in [4.69, 9.17) is 0 Å². The summed E-state index contributed by atoms with van der Waals surface area (Å²) in [6, 6.07) is 7.34. The Balaban J connectivity index is 1.69. The van der Waals surface area contributed by atoms with Gasteiger partial charge in [-0.25, -0.2) is 0 Å². The summed E-state index contributed by atoms with van der Waals surface area (Å²) >= 11 is 0. The molecule has 1 aliphatic heterocycles. The standard InChI is InChI=1S/C14H18N6O/c21-14(12-7-2-1-3-8-15-12)16-11-6-4-5-10(9-11)13-17-19-20-18-13/h4-6,9,12,15H,1-3,7-8H2,(H,16,21)(H,17,18,19,20). The highest BCUT2D eigenvalue weighted by atomic mass is 16.2. The van der Waals surface area contributed by atoms with Gasteiger partial charge < -0.3 is 10.6 Å². The number of hydrogen-bond donors (Lipinski definition) is 3. The molecule has 7 nitrogen and oxygen atoms in total. The molecule has 0 bridgehead atoms. The number of nitrogens with one attached hydrogen (secondary N) is 3. The first-order valence-corrected chi connectivity index (χ1v) is 7.21. The fraction of sp³-hybridized carbons (Fsp3) is 0.429. The Bertz CT molecular complexity index is 589. The van der Waals surface area contributed by atoms with Gasteiger partial charge in [-0.05, 0) is 36.7 Å². The van der Waals surface area contributed by atoms with Crippen LogP contribution in [0.4, 0.5) is 5.69 Å². The maximum atomic E-state index is 12.3. The molecule has 3 rings (SSSR count). The fourth-order valence-corrected chi connectivity index (χ4v) is 2.50. The monoisotopic (exact) mass is 286 g/mol. The number of aromatic amines is 1. The van der Waals surface area contributed by atoms with Crippen molar-refractivity contribution < 1.29 is 4.79 Å². The quantitative estimate of drug-likeness (QED) is 0.791. The lowest BCUT2D eigenvalue weighted by atomic mass is 10.1. The lowest BCUT2D eigenvalue weighted by Crippen LogP contribution is -2.39. The molecule has 2 aromatic rings.